The van der Waals surface area contributed by atoms with Crippen molar-refractivity contribution < 1.29 is 4.79 Å². The highest BCUT2D eigenvalue weighted by Gasteiger charge is 2.31. The summed E-state index contributed by atoms with van der Waals surface area (Å²) < 4.78 is 0. The number of nitrogens with one attached hydrogen (secondary N) is 1. The van der Waals surface area contributed by atoms with Crippen LogP contribution in [0, 0.1) is 11.8 Å². The van der Waals surface area contributed by atoms with Crippen LogP contribution in [-0.2, 0) is 4.79 Å². The van der Waals surface area contributed by atoms with Crippen molar-refractivity contribution in [1.82, 2.24) is 10.2 Å². The number of nitrogens with two attached hydrogens (primary N) is 1. The van der Waals surface area contributed by atoms with Gasteiger partial charge < -0.3 is 11.1 Å². The number of rotatable bonds is 4. The van der Waals surface area contributed by atoms with E-state index >= 15 is 0 Å². The zero-order chi connectivity index (χ0) is 13.8. The lowest BCUT2D eigenvalue weighted by Crippen LogP contribution is -2.45. The number of nitrogens with zero attached hydrogens (tertiary/aromatic N) is 1. The van der Waals surface area contributed by atoms with E-state index < -0.39 is 0 Å². The Hall–Kier alpha value is -0.610. The van der Waals surface area contributed by atoms with E-state index in [0.717, 1.165) is 32.4 Å². The van der Waals surface area contributed by atoms with E-state index in [0.29, 0.717) is 18.0 Å². The Bertz CT molecular complexity index is 308. The molecule has 4 heteroatoms. The quantitative estimate of drug-likeness (QED) is 0.808. The molecule has 1 saturated heterocycles. The summed E-state index contributed by atoms with van der Waals surface area (Å²) in [5, 5.41) is 3.18. The molecule has 0 bridgehead atoms. The third kappa shape index (κ3) is 3.69. The zero-order valence-electron chi connectivity index (χ0n) is 12.4. The largest absolute Gasteiger partial charge is 0.354 e. The molecule has 0 aromatic heterocycles. The van der Waals surface area contributed by atoms with Gasteiger partial charge in [0, 0.05) is 24.5 Å². The average Bonchev–Trinajstić information content (AvgIpc) is 2.83. The number of likely N-dealkylation sites (tertiary alicyclic amines) is 1. The second kappa shape index (κ2) is 6.71. The van der Waals surface area contributed by atoms with E-state index in [9.17, 15) is 4.79 Å². The highest BCUT2D eigenvalue weighted by Crippen LogP contribution is 2.29. The van der Waals surface area contributed by atoms with Crippen LogP contribution in [0.4, 0.5) is 0 Å². The zero-order valence-corrected chi connectivity index (χ0v) is 12.4. The molecule has 0 spiro atoms. The van der Waals surface area contributed by atoms with Gasteiger partial charge in [-0.15, -0.1) is 0 Å². The molecular formula is C15H29N3O. The number of amides is 1. The number of hydrogen-bond donors (Lipinski definition) is 2. The van der Waals surface area contributed by atoms with E-state index in [-0.39, 0.29) is 11.8 Å². The van der Waals surface area contributed by atoms with E-state index in [2.05, 4.69) is 24.1 Å². The lowest BCUT2D eigenvalue weighted by atomic mass is 9.78. The minimum atomic E-state index is 0.177. The fraction of sp³-hybridized carbons (Fsp3) is 0.933. The second-order valence-corrected chi connectivity index (χ2v) is 6.33. The van der Waals surface area contributed by atoms with E-state index in [1.807, 2.05) is 0 Å². The Balaban J connectivity index is 1.78. The molecule has 2 fully saturated rings. The van der Waals surface area contributed by atoms with Crippen molar-refractivity contribution in [3.63, 3.8) is 0 Å². The first-order valence-corrected chi connectivity index (χ1v) is 7.89. The minimum Gasteiger partial charge on any atom is -0.354 e. The van der Waals surface area contributed by atoms with Crippen LogP contribution < -0.4 is 11.1 Å². The Morgan fingerprint density at radius 1 is 1.37 bits per heavy atom. The van der Waals surface area contributed by atoms with Gasteiger partial charge in [-0.3, -0.25) is 9.69 Å². The van der Waals surface area contributed by atoms with Gasteiger partial charge in [-0.05, 0) is 51.1 Å². The molecule has 1 aliphatic carbocycles. The maximum atomic E-state index is 12.3. The Morgan fingerprint density at radius 2 is 2.16 bits per heavy atom. The van der Waals surface area contributed by atoms with Crippen molar-refractivity contribution in [3.8, 4) is 0 Å². The van der Waals surface area contributed by atoms with E-state index in [4.69, 9.17) is 5.73 Å². The van der Waals surface area contributed by atoms with Gasteiger partial charge in [-0.25, -0.2) is 0 Å². The normalized spacial score (nSPS) is 36.4. The van der Waals surface area contributed by atoms with Crippen molar-refractivity contribution in [3.05, 3.63) is 0 Å². The van der Waals surface area contributed by atoms with E-state index in [1.165, 1.54) is 19.4 Å². The average molecular weight is 267 g/mol. The van der Waals surface area contributed by atoms with Crippen molar-refractivity contribution in [1.29, 1.82) is 0 Å². The molecule has 4 atom stereocenters. The summed E-state index contributed by atoms with van der Waals surface area (Å²) in [5.41, 5.74) is 5.96. The van der Waals surface area contributed by atoms with Gasteiger partial charge in [0.15, 0.2) is 0 Å². The van der Waals surface area contributed by atoms with Crippen LogP contribution in [0.15, 0.2) is 0 Å². The van der Waals surface area contributed by atoms with Crippen molar-refractivity contribution in [2.24, 2.45) is 17.6 Å². The first kappa shape index (κ1) is 14.8. The van der Waals surface area contributed by atoms with Crippen molar-refractivity contribution >= 4 is 5.91 Å². The molecule has 0 radical (unpaired) electrons. The van der Waals surface area contributed by atoms with Crippen LogP contribution in [0.1, 0.15) is 46.0 Å². The molecule has 2 aliphatic rings. The number of carbonyl (C=O) groups is 1. The highest BCUT2D eigenvalue weighted by molar-refractivity contribution is 5.79. The van der Waals surface area contributed by atoms with Crippen LogP contribution >= 0.6 is 0 Å². The number of likely N-dealkylation sites (N-methyl/N-ethyl adjacent to an activating group) is 1. The lowest BCUT2D eigenvalue weighted by Gasteiger charge is -2.32. The Labute approximate surface area is 117 Å². The lowest BCUT2D eigenvalue weighted by molar-refractivity contribution is -0.127. The minimum absolute atomic E-state index is 0.177. The molecule has 1 amide bonds. The molecule has 19 heavy (non-hydrogen) atoms. The van der Waals surface area contributed by atoms with Gasteiger partial charge in [0.05, 0.1) is 0 Å². The fourth-order valence-corrected chi connectivity index (χ4v) is 3.72. The third-order valence-corrected chi connectivity index (χ3v) is 4.96. The monoisotopic (exact) mass is 267 g/mol. The maximum Gasteiger partial charge on any atom is 0.223 e. The second-order valence-electron chi connectivity index (χ2n) is 6.33. The van der Waals surface area contributed by atoms with Crippen LogP contribution in [0.25, 0.3) is 0 Å². The highest BCUT2D eigenvalue weighted by atomic mass is 16.1. The van der Waals surface area contributed by atoms with Gasteiger partial charge >= 0.3 is 0 Å². The standard InChI is InChI=1S/C15H29N3O/c1-3-18-8-4-5-13(18)10-17-15(19)14-7-6-12(16)9-11(14)2/h11-14H,3-10,16H2,1-2H3,(H,17,19). The predicted molar refractivity (Wildman–Crippen MR) is 77.8 cm³/mol. The summed E-state index contributed by atoms with van der Waals surface area (Å²) >= 11 is 0. The summed E-state index contributed by atoms with van der Waals surface area (Å²) in [4.78, 5) is 14.8. The van der Waals surface area contributed by atoms with Crippen molar-refractivity contribution in [2.45, 2.75) is 58.0 Å². The molecule has 2 rings (SSSR count). The molecular weight excluding hydrogens is 238 g/mol. The van der Waals surface area contributed by atoms with Crippen LogP contribution in [0.2, 0.25) is 0 Å². The van der Waals surface area contributed by atoms with Gasteiger partial charge in [0.25, 0.3) is 0 Å². The number of carbonyl (C=O) groups excluding carboxylic acids is 1. The molecule has 0 aromatic carbocycles. The molecule has 110 valence electrons. The molecule has 1 heterocycles. The molecule has 4 unspecified atom stereocenters. The van der Waals surface area contributed by atoms with Gasteiger partial charge in [-0.2, -0.15) is 0 Å². The van der Waals surface area contributed by atoms with Crippen LogP contribution in [0.3, 0.4) is 0 Å². The maximum absolute atomic E-state index is 12.3. The summed E-state index contributed by atoms with van der Waals surface area (Å²) in [7, 11) is 0. The molecule has 1 aliphatic heterocycles. The SMILES string of the molecule is CCN1CCCC1CNC(=O)C1CCC(N)CC1C. The number of hydrogen-bond acceptors (Lipinski definition) is 3. The first-order valence-electron chi connectivity index (χ1n) is 7.89. The Kier molecular flexibility index (Phi) is 5.22. The molecule has 1 saturated carbocycles. The molecule has 0 aromatic rings. The van der Waals surface area contributed by atoms with Gasteiger partial charge in [-0.1, -0.05) is 13.8 Å². The van der Waals surface area contributed by atoms with Gasteiger partial charge in [0.1, 0.15) is 0 Å². The van der Waals surface area contributed by atoms with Crippen LogP contribution in [0.5, 0.6) is 0 Å². The Morgan fingerprint density at radius 3 is 2.84 bits per heavy atom. The predicted octanol–water partition coefficient (Wildman–Crippen LogP) is 1.35. The molecule has 4 nitrogen and oxygen atoms in total. The van der Waals surface area contributed by atoms with E-state index in [1.54, 1.807) is 0 Å². The summed E-state index contributed by atoms with van der Waals surface area (Å²) in [6.07, 6.45) is 5.42. The smallest absolute Gasteiger partial charge is 0.223 e. The van der Waals surface area contributed by atoms with Crippen molar-refractivity contribution in [2.75, 3.05) is 19.6 Å². The first-order chi connectivity index (χ1) is 9.11. The topological polar surface area (TPSA) is 58.4 Å². The van der Waals surface area contributed by atoms with Gasteiger partial charge in [0.2, 0.25) is 5.91 Å². The summed E-state index contributed by atoms with van der Waals surface area (Å²) in [5.74, 6) is 0.855. The van der Waals surface area contributed by atoms with Crippen LogP contribution in [-0.4, -0.2) is 42.5 Å². The third-order valence-electron chi connectivity index (χ3n) is 4.96. The fourth-order valence-electron chi connectivity index (χ4n) is 3.72. The summed E-state index contributed by atoms with van der Waals surface area (Å²) in [6.45, 7) is 7.46. The molecule has 3 N–H and O–H groups in total. The summed E-state index contributed by atoms with van der Waals surface area (Å²) in [6, 6.07) is 0.847.